The van der Waals surface area contributed by atoms with Crippen molar-refractivity contribution in [3.63, 3.8) is 0 Å². The first-order valence-corrected chi connectivity index (χ1v) is 6.17. The molecule has 6 heteroatoms. The second-order valence-corrected chi connectivity index (χ2v) is 4.89. The molecule has 1 heterocycles. The van der Waals surface area contributed by atoms with Crippen LogP contribution in [-0.4, -0.2) is 30.6 Å². The molecule has 106 valence electrons. The molecular formula is C13H16F4N2. The van der Waals surface area contributed by atoms with Crippen molar-refractivity contribution in [1.82, 2.24) is 10.2 Å². The summed E-state index contributed by atoms with van der Waals surface area (Å²) in [6.45, 7) is 4.32. The Kier molecular flexibility index (Phi) is 4.10. The molecule has 1 aliphatic rings. The van der Waals surface area contributed by atoms with Gasteiger partial charge >= 0.3 is 6.18 Å². The van der Waals surface area contributed by atoms with Gasteiger partial charge < -0.3 is 5.32 Å². The summed E-state index contributed by atoms with van der Waals surface area (Å²) in [6, 6.07) is 3.13. The van der Waals surface area contributed by atoms with Crippen molar-refractivity contribution in [3.05, 3.63) is 35.1 Å². The van der Waals surface area contributed by atoms with Crippen LogP contribution in [0.15, 0.2) is 18.2 Å². The average Bonchev–Trinajstić information content (AvgIpc) is 2.30. The lowest BCUT2D eigenvalue weighted by molar-refractivity contribution is -0.138. The summed E-state index contributed by atoms with van der Waals surface area (Å²) >= 11 is 0. The number of benzene rings is 1. The summed E-state index contributed by atoms with van der Waals surface area (Å²) < 4.78 is 51.6. The number of alkyl halides is 3. The maximum Gasteiger partial charge on any atom is 0.416 e. The number of hydrogen-bond acceptors (Lipinski definition) is 2. The Bertz CT molecular complexity index is 445. The fourth-order valence-electron chi connectivity index (χ4n) is 2.35. The Morgan fingerprint density at radius 1 is 1.37 bits per heavy atom. The van der Waals surface area contributed by atoms with Crippen LogP contribution in [0, 0.1) is 5.82 Å². The molecule has 0 unspecified atom stereocenters. The maximum atomic E-state index is 13.0. The lowest BCUT2D eigenvalue weighted by atomic mass is 10.1. The van der Waals surface area contributed by atoms with Crippen LogP contribution in [0.4, 0.5) is 17.6 Å². The zero-order valence-electron chi connectivity index (χ0n) is 10.6. The second-order valence-electron chi connectivity index (χ2n) is 4.89. The van der Waals surface area contributed by atoms with Gasteiger partial charge in [-0.25, -0.2) is 4.39 Å². The Morgan fingerprint density at radius 2 is 2.11 bits per heavy atom. The minimum atomic E-state index is -4.52. The quantitative estimate of drug-likeness (QED) is 0.835. The highest BCUT2D eigenvalue weighted by Gasteiger charge is 2.34. The van der Waals surface area contributed by atoms with Crippen molar-refractivity contribution in [1.29, 1.82) is 0 Å². The van der Waals surface area contributed by atoms with Crippen LogP contribution in [0.5, 0.6) is 0 Å². The van der Waals surface area contributed by atoms with Crippen LogP contribution in [-0.2, 0) is 12.7 Å². The van der Waals surface area contributed by atoms with E-state index < -0.39 is 17.6 Å². The van der Waals surface area contributed by atoms with E-state index in [2.05, 4.69) is 5.32 Å². The molecule has 0 amide bonds. The monoisotopic (exact) mass is 276 g/mol. The normalized spacial score (nSPS) is 21.6. The van der Waals surface area contributed by atoms with Gasteiger partial charge in [-0.2, -0.15) is 13.2 Å². The minimum absolute atomic E-state index is 0.128. The van der Waals surface area contributed by atoms with E-state index in [0.717, 1.165) is 12.6 Å². The number of nitrogens with one attached hydrogen (secondary N) is 1. The van der Waals surface area contributed by atoms with Crippen LogP contribution >= 0.6 is 0 Å². The molecule has 1 atom stereocenters. The highest BCUT2D eigenvalue weighted by Crippen LogP contribution is 2.33. The van der Waals surface area contributed by atoms with Gasteiger partial charge in [-0.05, 0) is 24.6 Å². The summed E-state index contributed by atoms with van der Waals surface area (Å²) in [6.07, 6.45) is -4.52. The van der Waals surface area contributed by atoms with E-state index in [-0.39, 0.29) is 18.2 Å². The molecule has 2 nitrogen and oxygen atoms in total. The van der Waals surface area contributed by atoms with Gasteiger partial charge in [0.05, 0.1) is 5.56 Å². The van der Waals surface area contributed by atoms with E-state index in [0.29, 0.717) is 19.2 Å². The van der Waals surface area contributed by atoms with E-state index in [9.17, 15) is 17.6 Å². The lowest BCUT2D eigenvalue weighted by Crippen LogP contribution is -2.48. The van der Waals surface area contributed by atoms with Gasteiger partial charge in [-0.15, -0.1) is 0 Å². The summed E-state index contributed by atoms with van der Waals surface area (Å²) in [4.78, 5) is 1.95. The Balaban J connectivity index is 2.20. The van der Waals surface area contributed by atoms with Gasteiger partial charge in [0.15, 0.2) is 0 Å². The second kappa shape index (κ2) is 5.46. The molecule has 19 heavy (non-hydrogen) atoms. The van der Waals surface area contributed by atoms with Gasteiger partial charge in [-0.1, -0.05) is 6.07 Å². The van der Waals surface area contributed by atoms with Crippen molar-refractivity contribution in [2.75, 3.05) is 19.6 Å². The van der Waals surface area contributed by atoms with Crippen molar-refractivity contribution in [3.8, 4) is 0 Å². The Labute approximate surface area is 109 Å². The predicted octanol–water partition coefficient (Wildman–Crippen LogP) is 2.64. The molecular weight excluding hydrogens is 260 g/mol. The Hall–Kier alpha value is -1.14. The lowest BCUT2D eigenvalue weighted by Gasteiger charge is -2.32. The third kappa shape index (κ3) is 3.67. The van der Waals surface area contributed by atoms with Gasteiger partial charge in [0, 0.05) is 32.2 Å². The topological polar surface area (TPSA) is 15.3 Å². The smallest absolute Gasteiger partial charge is 0.312 e. The van der Waals surface area contributed by atoms with Gasteiger partial charge in [-0.3, -0.25) is 4.90 Å². The fraction of sp³-hybridized carbons (Fsp3) is 0.538. The molecule has 1 saturated heterocycles. The zero-order valence-corrected chi connectivity index (χ0v) is 10.6. The first kappa shape index (κ1) is 14.3. The zero-order chi connectivity index (χ0) is 14.0. The summed E-state index contributed by atoms with van der Waals surface area (Å²) in [5, 5.41) is 3.23. The van der Waals surface area contributed by atoms with Crippen molar-refractivity contribution in [2.24, 2.45) is 0 Å². The Morgan fingerprint density at radius 3 is 2.74 bits per heavy atom. The standard InChI is InChI=1S/C13H16F4N2/c1-9-7-19(5-4-18-9)8-10-2-3-11(14)6-12(10)13(15,16)17/h2-3,6,9,18H,4-5,7-8H2,1H3/t9-/m0/s1. The SMILES string of the molecule is C[C@H]1CN(Cc2ccc(F)cc2C(F)(F)F)CCN1. The van der Waals surface area contributed by atoms with Gasteiger partial charge in [0.25, 0.3) is 0 Å². The van der Waals surface area contributed by atoms with Gasteiger partial charge in [0.1, 0.15) is 5.82 Å². The van der Waals surface area contributed by atoms with Crippen molar-refractivity contribution in [2.45, 2.75) is 25.7 Å². The number of halogens is 4. The van der Waals surface area contributed by atoms with Crippen LogP contribution in [0.3, 0.4) is 0 Å². The molecule has 0 aromatic heterocycles. The van der Waals surface area contributed by atoms with Gasteiger partial charge in [0.2, 0.25) is 0 Å². The fourth-order valence-corrected chi connectivity index (χ4v) is 2.35. The first-order chi connectivity index (χ1) is 8.86. The molecule has 1 fully saturated rings. The average molecular weight is 276 g/mol. The summed E-state index contributed by atoms with van der Waals surface area (Å²) in [7, 11) is 0. The molecule has 0 bridgehead atoms. The first-order valence-electron chi connectivity index (χ1n) is 6.17. The predicted molar refractivity (Wildman–Crippen MR) is 64.1 cm³/mol. The molecule has 0 aliphatic carbocycles. The van der Waals surface area contributed by atoms with E-state index in [4.69, 9.17) is 0 Å². The molecule has 1 aliphatic heterocycles. The van der Waals surface area contributed by atoms with Crippen molar-refractivity contribution >= 4 is 0 Å². The number of nitrogens with zero attached hydrogens (tertiary/aromatic N) is 1. The highest BCUT2D eigenvalue weighted by atomic mass is 19.4. The molecule has 1 aromatic carbocycles. The van der Waals surface area contributed by atoms with Crippen LogP contribution in [0.2, 0.25) is 0 Å². The minimum Gasteiger partial charge on any atom is -0.312 e. The largest absolute Gasteiger partial charge is 0.416 e. The number of piperazine rings is 1. The van der Waals surface area contributed by atoms with Crippen LogP contribution in [0.1, 0.15) is 18.1 Å². The molecule has 1 N–H and O–H groups in total. The maximum absolute atomic E-state index is 13.0. The van der Waals surface area contributed by atoms with Crippen LogP contribution in [0.25, 0.3) is 0 Å². The third-order valence-electron chi connectivity index (χ3n) is 3.22. The summed E-state index contributed by atoms with van der Waals surface area (Å²) in [5.74, 6) is -0.857. The number of rotatable bonds is 2. The van der Waals surface area contributed by atoms with E-state index in [1.54, 1.807) is 0 Å². The molecule has 0 saturated carbocycles. The van der Waals surface area contributed by atoms with Crippen LogP contribution < -0.4 is 5.32 Å². The molecule has 1 aromatic rings. The molecule has 0 spiro atoms. The molecule has 2 rings (SSSR count). The third-order valence-corrected chi connectivity index (χ3v) is 3.22. The van der Waals surface area contributed by atoms with Crippen molar-refractivity contribution < 1.29 is 17.6 Å². The summed E-state index contributed by atoms with van der Waals surface area (Å²) in [5.41, 5.74) is -0.748. The highest BCUT2D eigenvalue weighted by molar-refractivity contribution is 5.30. The van der Waals surface area contributed by atoms with E-state index in [1.807, 2.05) is 11.8 Å². The van der Waals surface area contributed by atoms with E-state index in [1.165, 1.54) is 6.07 Å². The number of hydrogen-bond donors (Lipinski definition) is 1. The van der Waals surface area contributed by atoms with E-state index >= 15 is 0 Å². The molecule has 0 radical (unpaired) electrons.